The molecule has 6 heteroatoms. The van der Waals surface area contributed by atoms with Gasteiger partial charge in [-0.1, -0.05) is 0 Å². The van der Waals surface area contributed by atoms with E-state index in [0.717, 1.165) is 41.2 Å². The molecule has 2 heterocycles. The highest BCUT2D eigenvalue weighted by Crippen LogP contribution is 2.35. The number of Topliss-reactive ketones (excluding diaryl/α,β-unsaturated/α-hetero) is 1. The van der Waals surface area contributed by atoms with Gasteiger partial charge in [0.25, 0.3) is 0 Å². The SMILES string of the molecule is CC(=O)Nc1ccc(C(=O)CC2=NCCc3cc4c(cc32)OCCCO4)cc1. The van der Waals surface area contributed by atoms with E-state index in [1.54, 1.807) is 24.3 Å². The number of fused-ring (bicyclic) bond motifs is 2. The molecule has 0 bridgehead atoms. The molecule has 0 unspecified atom stereocenters. The number of rotatable bonds is 4. The Morgan fingerprint density at radius 1 is 1.07 bits per heavy atom. The van der Waals surface area contributed by atoms with Crippen molar-refractivity contribution in [3.05, 3.63) is 53.1 Å². The van der Waals surface area contributed by atoms with Gasteiger partial charge in [0, 0.05) is 36.7 Å². The Kier molecular flexibility index (Phi) is 5.10. The van der Waals surface area contributed by atoms with Crippen LogP contribution in [-0.2, 0) is 11.2 Å². The number of nitrogens with one attached hydrogen (secondary N) is 1. The summed E-state index contributed by atoms with van der Waals surface area (Å²) in [6.07, 6.45) is 1.91. The Hall–Kier alpha value is -3.15. The van der Waals surface area contributed by atoms with Gasteiger partial charge in [-0.15, -0.1) is 0 Å². The second-order valence-corrected chi connectivity index (χ2v) is 6.94. The zero-order valence-electron chi connectivity index (χ0n) is 15.8. The highest BCUT2D eigenvalue weighted by atomic mass is 16.5. The highest BCUT2D eigenvalue weighted by Gasteiger charge is 2.22. The number of benzene rings is 2. The predicted octanol–water partition coefficient (Wildman–Crippen LogP) is 3.42. The second-order valence-electron chi connectivity index (χ2n) is 6.94. The maximum absolute atomic E-state index is 12.8. The van der Waals surface area contributed by atoms with E-state index in [1.807, 2.05) is 12.1 Å². The molecule has 4 rings (SSSR count). The Morgan fingerprint density at radius 3 is 2.50 bits per heavy atom. The smallest absolute Gasteiger partial charge is 0.221 e. The third-order valence-corrected chi connectivity index (χ3v) is 4.82. The predicted molar refractivity (Wildman–Crippen MR) is 107 cm³/mol. The van der Waals surface area contributed by atoms with Crippen molar-refractivity contribution in [2.75, 3.05) is 25.1 Å². The van der Waals surface area contributed by atoms with Crippen LogP contribution in [0.3, 0.4) is 0 Å². The minimum atomic E-state index is -0.141. The molecule has 0 atom stereocenters. The van der Waals surface area contributed by atoms with E-state index in [4.69, 9.17) is 9.47 Å². The van der Waals surface area contributed by atoms with E-state index in [1.165, 1.54) is 6.92 Å². The number of amides is 1. The van der Waals surface area contributed by atoms with Gasteiger partial charge in [-0.05, 0) is 48.4 Å². The lowest BCUT2D eigenvalue weighted by atomic mass is 9.92. The van der Waals surface area contributed by atoms with Gasteiger partial charge in [0.15, 0.2) is 17.3 Å². The lowest BCUT2D eigenvalue weighted by Gasteiger charge is -2.19. The van der Waals surface area contributed by atoms with Gasteiger partial charge in [-0.2, -0.15) is 0 Å². The highest BCUT2D eigenvalue weighted by molar-refractivity contribution is 6.17. The van der Waals surface area contributed by atoms with E-state index in [2.05, 4.69) is 10.3 Å². The zero-order chi connectivity index (χ0) is 19.5. The Labute approximate surface area is 163 Å². The molecular weight excluding hydrogens is 356 g/mol. The first-order valence-corrected chi connectivity index (χ1v) is 9.47. The van der Waals surface area contributed by atoms with Crippen molar-refractivity contribution in [1.29, 1.82) is 0 Å². The number of anilines is 1. The molecule has 6 nitrogen and oxygen atoms in total. The minimum absolute atomic E-state index is 0.00640. The summed E-state index contributed by atoms with van der Waals surface area (Å²) in [6, 6.07) is 10.9. The molecule has 0 aliphatic carbocycles. The molecule has 1 N–H and O–H groups in total. The summed E-state index contributed by atoms with van der Waals surface area (Å²) >= 11 is 0. The van der Waals surface area contributed by atoms with Gasteiger partial charge < -0.3 is 14.8 Å². The van der Waals surface area contributed by atoms with Crippen LogP contribution in [0.25, 0.3) is 0 Å². The van der Waals surface area contributed by atoms with Crippen LogP contribution in [0.4, 0.5) is 5.69 Å². The van der Waals surface area contributed by atoms with Gasteiger partial charge in [0.1, 0.15) is 0 Å². The van der Waals surface area contributed by atoms with Gasteiger partial charge in [-0.3, -0.25) is 14.6 Å². The van der Waals surface area contributed by atoms with Gasteiger partial charge >= 0.3 is 0 Å². The van der Waals surface area contributed by atoms with Crippen molar-refractivity contribution in [2.45, 2.75) is 26.2 Å². The molecule has 0 fully saturated rings. The first-order valence-electron chi connectivity index (χ1n) is 9.47. The summed E-state index contributed by atoms with van der Waals surface area (Å²) in [5.41, 5.74) is 4.16. The normalized spacial score (nSPS) is 15.1. The zero-order valence-corrected chi connectivity index (χ0v) is 15.8. The monoisotopic (exact) mass is 378 g/mol. The number of ether oxygens (including phenoxy) is 2. The van der Waals surface area contributed by atoms with Crippen LogP contribution in [0.15, 0.2) is 41.4 Å². The molecular formula is C22H22N2O4. The fourth-order valence-corrected chi connectivity index (χ4v) is 3.47. The Bertz CT molecular complexity index is 948. The maximum Gasteiger partial charge on any atom is 0.221 e. The summed E-state index contributed by atoms with van der Waals surface area (Å²) in [4.78, 5) is 28.5. The molecule has 2 aliphatic heterocycles. The number of hydrogen-bond acceptors (Lipinski definition) is 5. The molecule has 2 aromatic carbocycles. The fraction of sp³-hybridized carbons (Fsp3) is 0.318. The van der Waals surface area contributed by atoms with Gasteiger partial charge in [0.2, 0.25) is 5.91 Å². The van der Waals surface area contributed by atoms with Crippen molar-refractivity contribution in [3.63, 3.8) is 0 Å². The van der Waals surface area contributed by atoms with Crippen molar-refractivity contribution < 1.29 is 19.1 Å². The number of aliphatic imine (C=N–C) groups is 1. The average molecular weight is 378 g/mol. The summed E-state index contributed by atoms with van der Waals surface area (Å²) in [5.74, 6) is 1.35. The van der Waals surface area contributed by atoms with Gasteiger partial charge in [-0.25, -0.2) is 0 Å². The lowest BCUT2D eigenvalue weighted by Crippen LogP contribution is -2.17. The first-order chi connectivity index (χ1) is 13.6. The maximum atomic E-state index is 12.8. The third kappa shape index (κ3) is 3.91. The summed E-state index contributed by atoms with van der Waals surface area (Å²) < 4.78 is 11.6. The van der Waals surface area contributed by atoms with Crippen LogP contribution < -0.4 is 14.8 Å². The lowest BCUT2D eigenvalue weighted by molar-refractivity contribution is -0.114. The van der Waals surface area contributed by atoms with Crippen LogP contribution >= 0.6 is 0 Å². The summed E-state index contributed by atoms with van der Waals surface area (Å²) in [5, 5.41) is 2.70. The van der Waals surface area contributed by atoms with E-state index >= 15 is 0 Å². The van der Waals surface area contributed by atoms with Gasteiger partial charge in [0.05, 0.1) is 25.3 Å². The largest absolute Gasteiger partial charge is 0.490 e. The van der Waals surface area contributed by atoms with E-state index in [9.17, 15) is 9.59 Å². The van der Waals surface area contributed by atoms with Crippen LogP contribution in [0.5, 0.6) is 11.5 Å². The van der Waals surface area contributed by atoms with Crippen LogP contribution in [0, 0.1) is 0 Å². The molecule has 0 spiro atoms. The standard InChI is InChI=1S/C22H22N2O4/c1-14(25)24-17-5-3-15(4-6-17)20(26)13-19-18-12-22-21(27-9-2-10-28-22)11-16(18)7-8-23-19/h3-6,11-12H,2,7-10,13H2,1H3,(H,24,25). The van der Waals surface area contributed by atoms with Crippen molar-refractivity contribution in [1.82, 2.24) is 0 Å². The first kappa shape index (κ1) is 18.2. The summed E-state index contributed by atoms with van der Waals surface area (Å²) in [7, 11) is 0. The van der Waals surface area contributed by atoms with Crippen LogP contribution in [0.2, 0.25) is 0 Å². The molecule has 144 valence electrons. The molecule has 0 aromatic heterocycles. The molecule has 2 aliphatic rings. The number of carbonyl (C=O) groups excluding carboxylic acids is 2. The molecule has 0 saturated heterocycles. The van der Waals surface area contributed by atoms with Crippen molar-refractivity contribution in [3.8, 4) is 11.5 Å². The van der Waals surface area contributed by atoms with E-state index in [0.29, 0.717) is 31.0 Å². The second kappa shape index (κ2) is 7.84. The fourth-order valence-electron chi connectivity index (χ4n) is 3.47. The molecule has 2 aromatic rings. The third-order valence-electron chi connectivity index (χ3n) is 4.82. The average Bonchev–Trinajstić information content (AvgIpc) is 2.91. The topological polar surface area (TPSA) is 77.0 Å². The molecule has 0 saturated carbocycles. The number of nitrogens with zero attached hydrogens (tertiary/aromatic N) is 1. The number of carbonyl (C=O) groups is 2. The van der Waals surface area contributed by atoms with Crippen LogP contribution in [0.1, 0.15) is 41.3 Å². The Balaban J connectivity index is 1.54. The van der Waals surface area contributed by atoms with Crippen molar-refractivity contribution >= 4 is 23.1 Å². The number of hydrogen-bond donors (Lipinski definition) is 1. The van der Waals surface area contributed by atoms with E-state index in [-0.39, 0.29) is 18.1 Å². The van der Waals surface area contributed by atoms with E-state index < -0.39 is 0 Å². The number of ketones is 1. The summed E-state index contributed by atoms with van der Waals surface area (Å²) in [6.45, 7) is 3.39. The minimum Gasteiger partial charge on any atom is -0.490 e. The Morgan fingerprint density at radius 2 is 1.79 bits per heavy atom. The quantitative estimate of drug-likeness (QED) is 0.827. The van der Waals surface area contributed by atoms with Crippen LogP contribution in [-0.4, -0.2) is 37.2 Å². The molecule has 1 amide bonds. The van der Waals surface area contributed by atoms with Crippen molar-refractivity contribution in [2.24, 2.45) is 4.99 Å². The molecule has 0 radical (unpaired) electrons. The molecule has 28 heavy (non-hydrogen) atoms.